The van der Waals surface area contributed by atoms with Crippen LogP contribution in [0.2, 0.25) is 0 Å². The van der Waals surface area contributed by atoms with Gasteiger partial charge in [-0.1, -0.05) is 36.4 Å². The van der Waals surface area contributed by atoms with E-state index in [9.17, 15) is 25.9 Å². The van der Waals surface area contributed by atoms with Gasteiger partial charge in [-0.05, 0) is 12.1 Å². The molecule has 4 rings (SSSR count). The zero-order valence-corrected chi connectivity index (χ0v) is 14.6. The molecule has 10 heteroatoms. The van der Waals surface area contributed by atoms with Gasteiger partial charge in [0.25, 0.3) is 20.2 Å². The van der Waals surface area contributed by atoms with Crippen LogP contribution >= 0.6 is 0 Å². The van der Waals surface area contributed by atoms with E-state index < -0.39 is 30.0 Å². The Balaban J connectivity index is 2.22. The van der Waals surface area contributed by atoms with Gasteiger partial charge in [-0.3, -0.25) is 9.11 Å². The summed E-state index contributed by atoms with van der Waals surface area (Å²) in [6, 6.07) is 12.6. The van der Waals surface area contributed by atoms with Crippen LogP contribution in [-0.4, -0.2) is 35.9 Å². The van der Waals surface area contributed by atoms with Crippen molar-refractivity contribution in [2.24, 2.45) is 0 Å². The van der Waals surface area contributed by atoms with E-state index in [0.29, 0.717) is 11.0 Å². The average Bonchev–Trinajstić information content (AvgIpc) is 3.12. The highest BCUT2D eigenvalue weighted by atomic mass is 32.2. The minimum Gasteiger partial charge on any atom is -0.352 e. The standard InChI is InChI=1S/C16H12N2O6S2/c19-25(20,21)15-9-5-1-3-7-11(9)17-13(15)14-16(26(22,23)24)10-6-2-4-8-12(10)18-14/h1-8,17-18H,(H,19,20,21)(H,22,23,24). The van der Waals surface area contributed by atoms with Crippen molar-refractivity contribution in [1.29, 1.82) is 0 Å². The van der Waals surface area contributed by atoms with Crippen molar-refractivity contribution in [2.75, 3.05) is 0 Å². The van der Waals surface area contributed by atoms with Crippen LogP contribution in [-0.2, 0) is 20.2 Å². The lowest BCUT2D eigenvalue weighted by Crippen LogP contribution is -2.03. The second-order valence-electron chi connectivity index (χ2n) is 5.70. The summed E-state index contributed by atoms with van der Waals surface area (Å²) in [5, 5.41) is 0.398. The molecule has 134 valence electrons. The average molecular weight is 392 g/mol. The predicted molar refractivity (Wildman–Crippen MR) is 95.2 cm³/mol. The summed E-state index contributed by atoms with van der Waals surface area (Å²) in [4.78, 5) is 4.69. The Morgan fingerprint density at radius 2 is 0.962 bits per heavy atom. The first-order valence-corrected chi connectivity index (χ1v) is 10.2. The molecule has 4 aromatic rings. The second kappa shape index (κ2) is 5.42. The molecule has 0 amide bonds. The fourth-order valence-electron chi connectivity index (χ4n) is 3.12. The summed E-state index contributed by atoms with van der Waals surface area (Å²) in [5.41, 5.74) is 0.459. The van der Waals surface area contributed by atoms with E-state index in [1.807, 2.05) is 0 Å². The number of hydrogen-bond donors (Lipinski definition) is 4. The lowest BCUT2D eigenvalue weighted by Gasteiger charge is -2.03. The van der Waals surface area contributed by atoms with Gasteiger partial charge in [-0.25, -0.2) is 0 Å². The lowest BCUT2D eigenvalue weighted by atomic mass is 10.2. The zero-order chi connectivity index (χ0) is 18.7. The van der Waals surface area contributed by atoms with Crippen LogP contribution in [0.15, 0.2) is 58.3 Å². The van der Waals surface area contributed by atoms with Crippen LogP contribution in [0, 0.1) is 0 Å². The molecule has 8 nitrogen and oxygen atoms in total. The van der Waals surface area contributed by atoms with Crippen LogP contribution in [0.25, 0.3) is 33.2 Å². The van der Waals surface area contributed by atoms with Gasteiger partial charge < -0.3 is 9.97 Å². The van der Waals surface area contributed by atoms with Gasteiger partial charge in [0.05, 0.1) is 11.4 Å². The van der Waals surface area contributed by atoms with E-state index in [-0.39, 0.29) is 22.2 Å². The zero-order valence-electron chi connectivity index (χ0n) is 13.0. The summed E-state index contributed by atoms with van der Waals surface area (Å²) >= 11 is 0. The summed E-state index contributed by atoms with van der Waals surface area (Å²) in [6.07, 6.45) is 0. The molecule has 2 aromatic carbocycles. The molecule has 0 atom stereocenters. The van der Waals surface area contributed by atoms with E-state index >= 15 is 0 Å². The molecule has 0 saturated carbocycles. The third kappa shape index (κ3) is 2.51. The molecule has 2 aromatic heterocycles. The minimum atomic E-state index is -4.69. The fourth-order valence-corrected chi connectivity index (χ4v) is 4.85. The van der Waals surface area contributed by atoms with Gasteiger partial charge in [-0.15, -0.1) is 0 Å². The SMILES string of the molecule is O=S(=O)(O)c1c(-c2[nH]c3ccccc3c2S(=O)(=O)O)[nH]c2ccccc12. The Labute approximate surface area is 148 Å². The van der Waals surface area contributed by atoms with Crippen molar-refractivity contribution >= 4 is 42.0 Å². The summed E-state index contributed by atoms with van der Waals surface area (Å²) in [5.74, 6) is 0. The van der Waals surface area contributed by atoms with Gasteiger partial charge in [0.1, 0.15) is 9.79 Å². The fraction of sp³-hybridized carbons (Fsp3) is 0. The van der Waals surface area contributed by atoms with E-state index in [4.69, 9.17) is 0 Å². The molecule has 0 radical (unpaired) electrons. The molecule has 0 aliphatic rings. The molecule has 2 heterocycles. The number of rotatable bonds is 3. The number of nitrogens with one attached hydrogen (secondary N) is 2. The molecule has 4 N–H and O–H groups in total. The predicted octanol–water partition coefficient (Wildman–Crippen LogP) is 2.81. The van der Waals surface area contributed by atoms with Crippen molar-refractivity contribution < 1.29 is 25.9 Å². The summed E-state index contributed by atoms with van der Waals surface area (Å²) < 4.78 is 67.4. The maximum atomic E-state index is 12.0. The number of aromatic amines is 2. The molecule has 26 heavy (non-hydrogen) atoms. The Bertz CT molecular complexity index is 1270. The highest BCUT2D eigenvalue weighted by Gasteiger charge is 2.30. The first-order valence-electron chi connectivity index (χ1n) is 7.34. The third-order valence-corrected chi connectivity index (χ3v) is 5.96. The van der Waals surface area contributed by atoms with E-state index in [1.165, 1.54) is 12.1 Å². The molecular weight excluding hydrogens is 380 g/mol. The van der Waals surface area contributed by atoms with Gasteiger partial charge in [0.2, 0.25) is 0 Å². The van der Waals surface area contributed by atoms with Gasteiger partial charge >= 0.3 is 0 Å². The van der Waals surface area contributed by atoms with Crippen LogP contribution in [0.4, 0.5) is 0 Å². The quantitative estimate of drug-likeness (QED) is 0.395. The summed E-state index contributed by atoms with van der Waals surface area (Å²) in [6.45, 7) is 0. The number of fused-ring (bicyclic) bond motifs is 2. The normalized spacial score (nSPS) is 12.8. The van der Waals surface area contributed by atoms with Crippen molar-refractivity contribution in [3.63, 3.8) is 0 Å². The van der Waals surface area contributed by atoms with E-state index in [0.717, 1.165) is 0 Å². The first kappa shape index (κ1) is 16.8. The van der Waals surface area contributed by atoms with Gasteiger partial charge in [0.15, 0.2) is 0 Å². The molecule has 0 unspecified atom stereocenters. The van der Waals surface area contributed by atoms with Crippen LogP contribution in [0.3, 0.4) is 0 Å². The number of H-pyrrole nitrogens is 2. The molecule has 0 aliphatic carbocycles. The largest absolute Gasteiger partial charge is 0.352 e. The number of para-hydroxylation sites is 2. The first-order chi connectivity index (χ1) is 12.2. The highest BCUT2D eigenvalue weighted by Crippen LogP contribution is 2.39. The van der Waals surface area contributed by atoms with Crippen LogP contribution in [0.5, 0.6) is 0 Å². The maximum absolute atomic E-state index is 12.0. The smallest absolute Gasteiger partial charge is 0.297 e. The Morgan fingerprint density at radius 3 is 1.31 bits per heavy atom. The second-order valence-corrected chi connectivity index (χ2v) is 8.42. The number of hydrogen-bond acceptors (Lipinski definition) is 4. The Morgan fingerprint density at radius 1 is 0.615 bits per heavy atom. The van der Waals surface area contributed by atoms with Crippen LogP contribution in [0.1, 0.15) is 0 Å². The minimum absolute atomic E-state index is 0.155. The molecular formula is C16H12N2O6S2. The molecule has 0 spiro atoms. The van der Waals surface area contributed by atoms with Crippen molar-refractivity contribution in [3.8, 4) is 11.4 Å². The van der Waals surface area contributed by atoms with E-state index in [1.54, 1.807) is 36.4 Å². The van der Waals surface area contributed by atoms with Crippen LogP contribution < -0.4 is 0 Å². The maximum Gasteiger partial charge on any atom is 0.297 e. The molecule has 0 fully saturated rings. The van der Waals surface area contributed by atoms with Crippen molar-refractivity contribution in [3.05, 3.63) is 48.5 Å². The topological polar surface area (TPSA) is 140 Å². The van der Waals surface area contributed by atoms with Gasteiger partial charge in [0, 0.05) is 21.8 Å². The Hall–Kier alpha value is -2.66. The summed E-state index contributed by atoms with van der Waals surface area (Å²) in [7, 11) is -9.38. The number of aromatic nitrogens is 2. The van der Waals surface area contributed by atoms with Crippen molar-refractivity contribution in [2.45, 2.75) is 9.79 Å². The van der Waals surface area contributed by atoms with Gasteiger partial charge in [-0.2, -0.15) is 16.8 Å². The number of benzene rings is 2. The molecule has 0 saturated heterocycles. The molecule has 0 bridgehead atoms. The Kier molecular flexibility index (Phi) is 3.50. The molecule has 0 aliphatic heterocycles. The van der Waals surface area contributed by atoms with Crippen molar-refractivity contribution in [1.82, 2.24) is 9.97 Å². The third-order valence-electron chi connectivity index (χ3n) is 4.08. The monoisotopic (exact) mass is 392 g/mol. The highest BCUT2D eigenvalue weighted by molar-refractivity contribution is 7.86. The van der Waals surface area contributed by atoms with E-state index in [2.05, 4.69) is 9.97 Å². The lowest BCUT2D eigenvalue weighted by molar-refractivity contribution is 0.481.